The smallest absolute Gasteiger partial charge is 0.353 e. The number of methoxy groups -OCH3 is 1. The average molecular weight is 374 g/mol. The number of aliphatic hydroxyl groups is 1. The van der Waals surface area contributed by atoms with E-state index in [-0.39, 0.29) is 23.6 Å². The number of benzene rings is 1. The summed E-state index contributed by atoms with van der Waals surface area (Å²) in [7, 11) is 3.22. The van der Waals surface area contributed by atoms with Crippen molar-refractivity contribution in [3.63, 3.8) is 0 Å². The van der Waals surface area contributed by atoms with E-state index in [0.717, 1.165) is 0 Å². The summed E-state index contributed by atoms with van der Waals surface area (Å²) in [5.41, 5.74) is -2.69. The van der Waals surface area contributed by atoms with Crippen molar-refractivity contribution in [2.24, 2.45) is 0 Å². The minimum atomic E-state index is -2.65. The van der Waals surface area contributed by atoms with E-state index in [1.54, 1.807) is 31.0 Å². The first kappa shape index (κ1) is 18.9. The Bertz CT molecular complexity index is 816. The Hall–Kier alpha value is -2.87. The zero-order chi connectivity index (χ0) is 19.8. The van der Waals surface area contributed by atoms with Gasteiger partial charge in [0.2, 0.25) is 0 Å². The summed E-state index contributed by atoms with van der Waals surface area (Å²) in [4.78, 5) is 41.7. The Morgan fingerprint density at radius 2 is 1.89 bits per heavy atom. The second kappa shape index (κ2) is 7.03. The fourth-order valence-corrected chi connectivity index (χ4v) is 3.45. The lowest BCUT2D eigenvalue weighted by Gasteiger charge is -2.34. The number of hydrogen-bond acceptors (Lipinski definition) is 7. The molecule has 0 aromatic heterocycles. The van der Waals surface area contributed by atoms with E-state index in [4.69, 9.17) is 9.47 Å². The van der Waals surface area contributed by atoms with Gasteiger partial charge in [-0.15, -0.1) is 0 Å². The molecule has 1 unspecified atom stereocenters. The van der Waals surface area contributed by atoms with Crippen LogP contribution in [0.5, 0.6) is 5.75 Å². The normalized spacial score (nSPS) is 22.0. The number of amides is 1. The molecule has 0 radical (unpaired) electrons. The lowest BCUT2D eigenvalue weighted by molar-refractivity contribution is -0.168. The molecule has 2 heterocycles. The number of carbonyl (C=O) groups is 3. The Balaban J connectivity index is 2.15. The molecule has 1 aromatic rings. The minimum Gasteiger partial charge on any atom is -0.497 e. The highest BCUT2D eigenvalue weighted by Gasteiger charge is 2.61. The third kappa shape index (κ3) is 2.86. The predicted octanol–water partition coefficient (Wildman–Crippen LogP) is 0.561. The van der Waals surface area contributed by atoms with Crippen LogP contribution in [0.4, 0.5) is 0 Å². The van der Waals surface area contributed by atoms with Crippen molar-refractivity contribution in [3.8, 4) is 5.75 Å². The monoisotopic (exact) mass is 374 g/mol. The topological polar surface area (TPSA) is 96.4 Å². The number of ketones is 1. The van der Waals surface area contributed by atoms with Crippen LogP contribution in [0.1, 0.15) is 23.7 Å². The van der Waals surface area contributed by atoms with Crippen LogP contribution in [0.15, 0.2) is 35.7 Å². The zero-order valence-corrected chi connectivity index (χ0v) is 15.5. The molecule has 1 N–H and O–H groups in total. The Labute approximate surface area is 156 Å². The number of hydrogen-bond donors (Lipinski definition) is 1. The summed E-state index contributed by atoms with van der Waals surface area (Å²) in [6.07, 6.45) is 0.661. The van der Waals surface area contributed by atoms with E-state index in [0.29, 0.717) is 25.3 Å². The highest BCUT2D eigenvalue weighted by atomic mass is 16.6. The minimum absolute atomic E-state index is 0.0242. The van der Waals surface area contributed by atoms with Crippen LogP contribution in [0.2, 0.25) is 0 Å². The van der Waals surface area contributed by atoms with Crippen molar-refractivity contribution in [2.75, 3.05) is 33.9 Å². The van der Waals surface area contributed by atoms with E-state index in [1.165, 1.54) is 24.1 Å². The molecule has 0 aliphatic carbocycles. The number of Topliss-reactive ketones (excluding diaryl/α,β-unsaturated/α-hetero) is 1. The van der Waals surface area contributed by atoms with Gasteiger partial charge in [0.25, 0.3) is 11.5 Å². The maximum atomic E-state index is 13.2. The van der Waals surface area contributed by atoms with Crippen LogP contribution in [0, 0.1) is 0 Å². The molecule has 144 valence electrons. The summed E-state index contributed by atoms with van der Waals surface area (Å²) in [5.74, 6) is -1.78. The van der Waals surface area contributed by atoms with Crippen LogP contribution in [-0.2, 0) is 14.3 Å². The highest BCUT2D eigenvalue weighted by molar-refractivity contribution is 6.25. The van der Waals surface area contributed by atoms with Gasteiger partial charge in [-0.3, -0.25) is 14.5 Å². The molecule has 0 saturated carbocycles. The molecular weight excluding hydrogens is 352 g/mol. The lowest BCUT2D eigenvalue weighted by atomic mass is 9.89. The number of fused-ring (bicyclic) bond motifs is 1. The van der Waals surface area contributed by atoms with Crippen molar-refractivity contribution in [3.05, 3.63) is 41.2 Å². The second-order valence-corrected chi connectivity index (χ2v) is 6.42. The molecule has 1 aromatic carbocycles. The van der Waals surface area contributed by atoms with Crippen molar-refractivity contribution in [1.82, 2.24) is 9.80 Å². The van der Waals surface area contributed by atoms with Crippen molar-refractivity contribution in [1.29, 1.82) is 0 Å². The molecule has 1 amide bonds. The standard InChI is InChI=1S/C19H22N2O6/c1-4-27-18(24)19(25)14(15(22)12-6-8-13(26-3)9-7-12)16-20(2)10-5-11-21(16)17(19)23/h6-9,25H,4-5,10-11H2,1-3H3. The number of nitrogens with zero attached hydrogens (tertiary/aromatic N) is 2. The summed E-state index contributed by atoms with van der Waals surface area (Å²) in [6.45, 7) is 2.46. The Kier molecular flexibility index (Phi) is 4.93. The number of esters is 1. The first-order valence-corrected chi connectivity index (χ1v) is 8.72. The second-order valence-electron chi connectivity index (χ2n) is 6.42. The van der Waals surface area contributed by atoms with Crippen LogP contribution in [-0.4, -0.2) is 72.0 Å². The van der Waals surface area contributed by atoms with Gasteiger partial charge in [0.05, 0.1) is 19.3 Å². The van der Waals surface area contributed by atoms with Gasteiger partial charge in [0, 0.05) is 25.7 Å². The van der Waals surface area contributed by atoms with Gasteiger partial charge in [-0.1, -0.05) is 0 Å². The largest absolute Gasteiger partial charge is 0.497 e. The molecule has 0 spiro atoms. The molecule has 0 bridgehead atoms. The van der Waals surface area contributed by atoms with Gasteiger partial charge in [-0.2, -0.15) is 0 Å². The third-order valence-corrected chi connectivity index (χ3v) is 4.78. The quantitative estimate of drug-likeness (QED) is 0.457. The van der Waals surface area contributed by atoms with Crippen LogP contribution >= 0.6 is 0 Å². The molecule has 2 aliphatic rings. The lowest BCUT2D eigenvalue weighted by Crippen LogP contribution is -2.52. The predicted molar refractivity (Wildman–Crippen MR) is 94.9 cm³/mol. The zero-order valence-electron chi connectivity index (χ0n) is 15.5. The van der Waals surface area contributed by atoms with E-state index in [2.05, 4.69) is 0 Å². The number of rotatable bonds is 5. The summed E-state index contributed by atoms with van der Waals surface area (Å²) in [6, 6.07) is 6.24. The van der Waals surface area contributed by atoms with Crippen molar-refractivity contribution >= 4 is 17.7 Å². The summed E-state index contributed by atoms with van der Waals surface area (Å²) in [5, 5.41) is 11.1. The molecule has 3 rings (SSSR count). The molecule has 1 atom stereocenters. The fraction of sp³-hybridized carbons (Fsp3) is 0.421. The van der Waals surface area contributed by atoms with E-state index in [1.807, 2.05) is 0 Å². The van der Waals surface area contributed by atoms with Crippen LogP contribution in [0.3, 0.4) is 0 Å². The number of ether oxygens (including phenoxy) is 2. The van der Waals surface area contributed by atoms with Crippen molar-refractivity contribution < 1.29 is 29.0 Å². The molecular formula is C19H22N2O6. The maximum absolute atomic E-state index is 13.2. The third-order valence-electron chi connectivity index (χ3n) is 4.78. The molecule has 8 nitrogen and oxygen atoms in total. The molecule has 8 heteroatoms. The van der Waals surface area contributed by atoms with Gasteiger partial charge in [0.1, 0.15) is 11.6 Å². The van der Waals surface area contributed by atoms with Gasteiger partial charge in [-0.25, -0.2) is 4.79 Å². The Morgan fingerprint density at radius 3 is 2.48 bits per heavy atom. The van der Waals surface area contributed by atoms with Crippen LogP contribution < -0.4 is 4.74 Å². The Morgan fingerprint density at radius 1 is 1.22 bits per heavy atom. The summed E-state index contributed by atoms with van der Waals surface area (Å²) < 4.78 is 10.0. The van der Waals surface area contributed by atoms with Gasteiger partial charge >= 0.3 is 5.97 Å². The first-order valence-electron chi connectivity index (χ1n) is 8.72. The van der Waals surface area contributed by atoms with Gasteiger partial charge in [-0.05, 0) is 37.6 Å². The average Bonchev–Trinajstić information content (AvgIpc) is 2.91. The first-order chi connectivity index (χ1) is 12.9. The molecule has 2 aliphatic heterocycles. The van der Waals surface area contributed by atoms with E-state index in [9.17, 15) is 19.5 Å². The van der Waals surface area contributed by atoms with Crippen LogP contribution in [0.25, 0.3) is 0 Å². The maximum Gasteiger partial charge on any atom is 0.353 e. The highest BCUT2D eigenvalue weighted by Crippen LogP contribution is 2.39. The van der Waals surface area contributed by atoms with E-state index >= 15 is 0 Å². The van der Waals surface area contributed by atoms with Gasteiger partial charge < -0.3 is 19.5 Å². The summed E-state index contributed by atoms with van der Waals surface area (Å²) >= 11 is 0. The van der Waals surface area contributed by atoms with Crippen molar-refractivity contribution in [2.45, 2.75) is 18.9 Å². The number of carbonyl (C=O) groups excluding carboxylic acids is 3. The fourth-order valence-electron chi connectivity index (χ4n) is 3.45. The van der Waals surface area contributed by atoms with Gasteiger partial charge in [0.15, 0.2) is 5.78 Å². The molecule has 1 fully saturated rings. The molecule has 1 saturated heterocycles. The SMILES string of the molecule is CCOC(=O)C1(O)C(=O)N2CCCN(C)C2=C1C(=O)c1ccc(OC)cc1. The molecule has 27 heavy (non-hydrogen) atoms. The van der Waals surface area contributed by atoms with E-state index < -0.39 is 23.3 Å².